The number of thiocarbonyl (C=S) groups is 1. The van der Waals surface area contributed by atoms with Crippen LogP contribution in [0, 0.1) is 0 Å². The summed E-state index contributed by atoms with van der Waals surface area (Å²) in [6.45, 7) is 7.56. The Kier molecular flexibility index (Phi) is 7.61. The highest BCUT2D eigenvalue weighted by molar-refractivity contribution is 7.80. The summed E-state index contributed by atoms with van der Waals surface area (Å²) >= 11 is 4.94. The molecule has 0 unspecified atom stereocenters. The van der Waals surface area contributed by atoms with Gasteiger partial charge in [0.25, 0.3) is 0 Å². The first-order valence-electron chi connectivity index (χ1n) is 8.85. The van der Waals surface area contributed by atoms with Crippen molar-refractivity contribution in [3.8, 4) is 11.5 Å². The molecule has 144 valence electrons. The van der Waals surface area contributed by atoms with Crippen LogP contribution in [-0.4, -0.2) is 31.6 Å². The van der Waals surface area contributed by atoms with Crippen LogP contribution >= 0.6 is 12.2 Å². The summed E-state index contributed by atoms with van der Waals surface area (Å²) < 4.78 is 11.4. The second kappa shape index (κ2) is 9.92. The molecule has 0 radical (unpaired) electrons. The van der Waals surface area contributed by atoms with Crippen molar-refractivity contribution in [1.82, 2.24) is 10.7 Å². The number of nitrogens with zero attached hydrogens (tertiary/aromatic N) is 1. The van der Waals surface area contributed by atoms with Gasteiger partial charge in [0.2, 0.25) is 0 Å². The molecule has 6 heteroatoms. The number of hydrazone groups is 1. The zero-order valence-corrected chi connectivity index (χ0v) is 17.1. The van der Waals surface area contributed by atoms with Crippen molar-refractivity contribution in [2.24, 2.45) is 5.10 Å². The van der Waals surface area contributed by atoms with Crippen LogP contribution in [0.4, 0.5) is 0 Å². The normalized spacial score (nSPS) is 11.3. The van der Waals surface area contributed by atoms with Crippen LogP contribution in [0.1, 0.15) is 31.9 Å². The molecule has 0 heterocycles. The Labute approximate surface area is 166 Å². The monoisotopic (exact) mass is 385 g/mol. The smallest absolute Gasteiger partial charge is 0.186 e. The third-order valence-corrected chi connectivity index (χ3v) is 4.12. The van der Waals surface area contributed by atoms with Crippen LogP contribution in [0.2, 0.25) is 0 Å². The number of hydrogen-bond donors (Lipinski definition) is 2. The average molecular weight is 386 g/mol. The minimum absolute atomic E-state index is 0.146. The summed E-state index contributed by atoms with van der Waals surface area (Å²) in [5.41, 5.74) is 5.09. The molecule has 0 aliphatic heterocycles. The van der Waals surface area contributed by atoms with Gasteiger partial charge in [-0.25, -0.2) is 0 Å². The number of hydrogen-bond acceptors (Lipinski definition) is 4. The number of nitrogens with one attached hydrogen (secondary N) is 2. The summed E-state index contributed by atoms with van der Waals surface area (Å²) in [5.74, 6) is 1.64. The van der Waals surface area contributed by atoms with E-state index in [-0.39, 0.29) is 5.41 Å². The Bertz CT molecular complexity index is 750. The first-order valence-corrected chi connectivity index (χ1v) is 9.26. The highest BCUT2D eigenvalue weighted by Crippen LogP contribution is 2.24. The molecule has 0 saturated heterocycles. The summed E-state index contributed by atoms with van der Waals surface area (Å²) in [4.78, 5) is 0. The summed E-state index contributed by atoms with van der Waals surface area (Å²) in [5, 5.41) is 7.29. The molecule has 0 bridgehead atoms. The van der Waals surface area contributed by atoms with Crippen molar-refractivity contribution in [3.63, 3.8) is 0 Å². The number of rotatable bonds is 7. The molecule has 2 aromatic rings. The Hall–Kier alpha value is -2.60. The van der Waals surface area contributed by atoms with Gasteiger partial charge in [0.1, 0.15) is 24.7 Å². The van der Waals surface area contributed by atoms with Gasteiger partial charge in [0.05, 0.1) is 6.21 Å². The predicted molar refractivity (Wildman–Crippen MR) is 115 cm³/mol. The molecule has 0 spiro atoms. The summed E-state index contributed by atoms with van der Waals surface area (Å²) in [7, 11) is 1.74. The van der Waals surface area contributed by atoms with Gasteiger partial charge < -0.3 is 14.8 Å². The first-order chi connectivity index (χ1) is 12.9. The number of ether oxygens (including phenoxy) is 2. The maximum Gasteiger partial charge on any atom is 0.186 e. The molecule has 0 saturated carbocycles. The van der Waals surface area contributed by atoms with E-state index in [1.165, 1.54) is 5.56 Å². The van der Waals surface area contributed by atoms with E-state index in [0.717, 1.165) is 17.1 Å². The van der Waals surface area contributed by atoms with Gasteiger partial charge in [0.15, 0.2) is 5.11 Å². The maximum atomic E-state index is 5.73. The molecule has 0 aliphatic carbocycles. The van der Waals surface area contributed by atoms with Crippen molar-refractivity contribution in [1.29, 1.82) is 0 Å². The van der Waals surface area contributed by atoms with E-state index in [4.69, 9.17) is 21.7 Å². The lowest BCUT2D eigenvalue weighted by Gasteiger charge is -2.19. The molecule has 2 aromatic carbocycles. The third kappa shape index (κ3) is 7.27. The van der Waals surface area contributed by atoms with Gasteiger partial charge >= 0.3 is 0 Å². The summed E-state index contributed by atoms with van der Waals surface area (Å²) in [6, 6.07) is 15.9. The van der Waals surface area contributed by atoms with Gasteiger partial charge in [-0.1, -0.05) is 32.9 Å². The molecule has 0 atom stereocenters. The fourth-order valence-corrected chi connectivity index (χ4v) is 2.29. The minimum Gasteiger partial charge on any atom is -0.490 e. The van der Waals surface area contributed by atoms with E-state index in [0.29, 0.717) is 18.3 Å². The lowest BCUT2D eigenvalue weighted by Crippen LogP contribution is -2.28. The Morgan fingerprint density at radius 1 is 0.963 bits per heavy atom. The van der Waals surface area contributed by atoms with Crippen molar-refractivity contribution < 1.29 is 9.47 Å². The lowest BCUT2D eigenvalue weighted by atomic mass is 9.87. The van der Waals surface area contributed by atoms with Gasteiger partial charge in [0, 0.05) is 7.05 Å². The predicted octanol–water partition coefficient (Wildman–Crippen LogP) is 3.87. The maximum absolute atomic E-state index is 5.73. The van der Waals surface area contributed by atoms with Gasteiger partial charge in [-0.05, 0) is 65.2 Å². The van der Waals surface area contributed by atoms with E-state index in [2.05, 4.69) is 48.7 Å². The molecule has 0 aromatic heterocycles. The van der Waals surface area contributed by atoms with Crippen molar-refractivity contribution >= 4 is 23.5 Å². The van der Waals surface area contributed by atoms with Gasteiger partial charge in [-0.2, -0.15) is 5.10 Å². The third-order valence-electron chi connectivity index (χ3n) is 3.83. The Balaban J connectivity index is 1.73. The SMILES string of the molecule is CNC(=S)N/N=C/c1ccc(OCCOc2ccc(C(C)(C)C)cc2)cc1. The quantitative estimate of drug-likeness (QED) is 0.328. The first kappa shape index (κ1) is 20.7. The highest BCUT2D eigenvalue weighted by Gasteiger charge is 2.12. The second-order valence-electron chi connectivity index (χ2n) is 6.99. The van der Waals surface area contributed by atoms with Crippen molar-refractivity contribution in [2.45, 2.75) is 26.2 Å². The fraction of sp³-hybridized carbons (Fsp3) is 0.333. The second-order valence-corrected chi connectivity index (χ2v) is 7.40. The molecule has 5 nitrogen and oxygen atoms in total. The van der Waals surface area contributed by atoms with Crippen LogP contribution in [0.3, 0.4) is 0 Å². The van der Waals surface area contributed by atoms with Crippen LogP contribution in [0.15, 0.2) is 53.6 Å². The molecule has 0 aliphatic rings. The van der Waals surface area contributed by atoms with E-state index < -0.39 is 0 Å². The van der Waals surface area contributed by atoms with Gasteiger partial charge in [-0.15, -0.1) is 0 Å². The molecule has 0 amide bonds. The van der Waals surface area contributed by atoms with Crippen LogP contribution in [0.25, 0.3) is 0 Å². The van der Waals surface area contributed by atoms with Crippen molar-refractivity contribution in [3.05, 3.63) is 59.7 Å². The molecule has 2 rings (SSSR count). The molecular formula is C21H27N3O2S. The lowest BCUT2D eigenvalue weighted by molar-refractivity contribution is 0.217. The zero-order valence-electron chi connectivity index (χ0n) is 16.3. The topological polar surface area (TPSA) is 54.9 Å². The Morgan fingerprint density at radius 3 is 1.96 bits per heavy atom. The van der Waals surface area contributed by atoms with Crippen LogP contribution < -0.4 is 20.2 Å². The van der Waals surface area contributed by atoms with Crippen LogP contribution in [0.5, 0.6) is 11.5 Å². The highest BCUT2D eigenvalue weighted by atomic mass is 32.1. The summed E-state index contributed by atoms with van der Waals surface area (Å²) in [6.07, 6.45) is 1.69. The number of benzene rings is 2. The fourth-order valence-electron chi connectivity index (χ4n) is 2.24. The molecule has 27 heavy (non-hydrogen) atoms. The standard InChI is InChI=1S/C21H27N3O2S/c1-21(2,3)17-7-11-19(12-8-17)26-14-13-25-18-9-5-16(6-10-18)15-23-24-20(27)22-4/h5-12,15H,13-14H2,1-4H3,(H2,22,24,27)/b23-15+. The molecule has 2 N–H and O–H groups in total. The van der Waals surface area contributed by atoms with E-state index in [9.17, 15) is 0 Å². The van der Waals surface area contributed by atoms with Crippen molar-refractivity contribution in [2.75, 3.05) is 20.3 Å². The zero-order chi connectivity index (χ0) is 19.7. The Morgan fingerprint density at radius 2 is 1.48 bits per heavy atom. The average Bonchev–Trinajstić information content (AvgIpc) is 2.66. The van der Waals surface area contributed by atoms with E-state index in [1.807, 2.05) is 36.4 Å². The van der Waals surface area contributed by atoms with E-state index >= 15 is 0 Å². The molecular weight excluding hydrogens is 358 g/mol. The minimum atomic E-state index is 0.146. The van der Waals surface area contributed by atoms with E-state index in [1.54, 1.807) is 13.3 Å². The van der Waals surface area contributed by atoms with Gasteiger partial charge in [-0.3, -0.25) is 5.43 Å². The van der Waals surface area contributed by atoms with Crippen LogP contribution in [-0.2, 0) is 5.41 Å². The molecule has 0 fully saturated rings. The largest absolute Gasteiger partial charge is 0.490 e.